The van der Waals surface area contributed by atoms with Gasteiger partial charge in [0.1, 0.15) is 12.6 Å². The van der Waals surface area contributed by atoms with E-state index >= 15 is 0 Å². The maximum atomic E-state index is 13.8. The number of hydrogen-bond acceptors (Lipinski definition) is 4. The molecule has 7 nitrogen and oxygen atoms in total. The molecule has 0 heterocycles. The lowest BCUT2D eigenvalue weighted by molar-refractivity contribution is -0.139. The number of nitrogens with zero attached hydrogens (tertiary/aromatic N) is 2. The van der Waals surface area contributed by atoms with Gasteiger partial charge >= 0.3 is 0 Å². The summed E-state index contributed by atoms with van der Waals surface area (Å²) >= 11 is 0. The van der Waals surface area contributed by atoms with Crippen molar-refractivity contribution in [3.8, 4) is 0 Å². The molecule has 2 rings (SSSR count). The van der Waals surface area contributed by atoms with E-state index in [9.17, 15) is 26.8 Å². The highest BCUT2D eigenvalue weighted by Crippen LogP contribution is 2.21. The summed E-state index contributed by atoms with van der Waals surface area (Å²) in [5.74, 6) is -3.32. The first-order valence-corrected chi connectivity index (χ1v) is 13.4. The second-order valence-corrected chi connectivity index (χ2v) is 10.3. The fourth-order valence-corrected chi connectivity index (χ4v) is 4.43. The van der Waals surface area contributed by atoms with Gasteiger partial charge in [-0.2, -0.15) is 0 Å². The molecule has 0 bridgehead atoms. The third kappa shape index (κ3) is 8.02. The summed E-state index contributed by atoms with van der Waals surface area (Å²) < 4.78 is 52.9. The fraction of sp³-hybridized carbons (Fsp3) is 0.440. The van der Waals surface area contributed by atoms with Crippen molar-refractivity contribution in [2.45, 2.75) is 52.1 Å². The molecular weight excluding hydrogens is 476 g/mol. The Morgan fingerprint density at radius 2 is 1.66 bits per heavy atom. The van der Waals surface area contributed by atoms with Gasteiger partial charge in [0.2, 0.25) is 21.8 Å². The van der Waals surface area contributed by atoms with Crippen molar-refractivity contribution in [2.24, 2.45) is 0 Å². The molecule has 35 heavy (non-hydrogen) atoms. The van der Waals surface area contributed by atoms with Gasteiger partial charge in [-0.15, -0.1) is 0 Å². The standard InChI is InChI=1S/C25H33F2N3O4S/c1-5-18(3)28-25(32)23(6-2)29(15-14-19-10-8-7-9-11-19)24(31)17-30(35(4,33)34)20-12-13-21(26)22(27)16-20/h7-13,16,18,23H,5-6,14-15,17H2,1-4H3,(H,28,32)/t18-,23+/m0/s1. The number of amides is 2. The second-order valence-electron chi connectivity index (χ2n) is 8.43. The van der Waals surface area contributed by atoms with Gasteiger partial charge in [0.15, 0.2) is 11.6 Å². The van der Waals surface area contributed by atoms with E-state index in [4.69, 9.17) is 0 Å². The van der Waals surface area contributed by atoms with Crippen LogP contribution in [0.25, 0.3) is 0 Å². The minimum Gasteiger partial charge on any atom is -0.352 e. The van der Waals surface area contributed by atoms with Gasteiger partial charge in [-0.05, 0) is 43.9 Å². The molecule has 2 atom stereocenters. The Morgan fingerprint density at radius 1 is 1.00 bits per heavy atom. The number of benzene rings is 2. The second kappa shape index (κ2) is 12.6. The molecule has 0 aliphatic rings. The van der Waals surface area contributed by atoms with Crippen LogP contribution < -0.4 is 9.62 Å². The molecule has 0 aromatic heterocycles. The first-order valence-electron chi connectivity index (χ1n) is 11.5. The molecule has 0 unspecified atom stereocenters. The van der Waals surface area contributed by atoms with Crippen LogP contribution in [0.1, 0.15) is 39.2 Å². The highest BCUT2D eigenvalue weighted by molar-refractivity contribution is 7.92. The van der Waals surface area contributed by atoms with Crippen LogP contribution >= 0.6 is 0 Å². The number of anilines is 1. The number of sulfonamides is 1. The molecule has 0 fully saturated rings. The predicted molar refractivity (Wildman–Crippen MR) is 132 cm³/mol. The molecule has 2 aromatic carbocycles. The molecule has 0 spiro atoms. The lowest BCUT2D eigenvalue weighted by atomic mass is 10.1. The highest BCUT2D eigenvalue weighted by atomic mass is 32.2. The van der Waals surface area contributed by atoms with Gasteiger partial charge in [0.25, 0.3) is 0 Å². The van der Waals surface area contributed by atoms with Crippen molar-refractivity contribution in [3.63, 3.8) is 0 Å². The molecular formula is C25H33F2N3O4S. The van der Waals surface area contributed by atoms with E-state index in [0.717, 1.165) is 30.0 Å². The molecule has 0 radical (unpaired) electrons. The van der Waals surface area contributed by atoms with E-state index in [2.05, 4.69) is 5.32 Å². The molecule has 192 valence electrons. The van der Waals surface area contributed by atoms with Crippen LogP contribution in [0, 0.1) is 11.6 Å². The molecule has 2 aromatic rings. The van der Waals surface area contributed by atoms with E-state index in [1.54, 1.807) is 6.92 Å². The van der Waals surface area contributed by atoms with Crippen molar-refractivity contribution in [3.05, 3.63) is 65.7 Å². The average Bonchev–Trinajstić information content (AvgIpc) is 2.81. The van der Waals surface area contributed by atoms with E-state index in [1.165, 1.54) is 4.90 Å². The fourth-order valence-electron chi connectivity index (χ4n) is 3.59. The van der Waals surface area contributed by atoms with Crippen LogP contribution in [0.4, 0.5) is 14.5 Å². The van der Waals surface area contributed by atoms with Crippen LogP contribution in [-0.4, -0.2) is 56.6 Å². The zero-order chi connectivity index (χ0) is 26.2. The summed E-state index contributed by atoms with van der Waals surface area (Å²) in [7, 11) is -4.02. The molecule has 2 amide bonds. The molecule has 0 saturated heterocycles. The Kier molecular flexibility index (Phi) is 10.2. The summed E-state index contributed by atoms with van der Waals surface area (Å²) in [6, 6.07) is 11.1. The summed E-state index contributed by atoms with van der Waals surface area (Å²) in [4.78, 5) is 27.9. The monoisotopic (exact) mass is 509 g/mol. The van der Waals surface area contributed by atoms with Crippen LogP contribution in [0.5, 0.6) is 0 Å². The van der Waals surface area contributed by atoms with Crippen molar-refractivity contribution >= 4 is 27.5 Å². The molecule has 10 heteroatoms. The van der Waals surface area contributed by atoms with Crippen LogP contribution in [0.2, 0.25) is 0 Å². The maximum Gasteiger partial charge on any atom is 0.244 e. The Labute approximate surface area is 206 Å². The Bertz CT molecular complexity index is 1110. The smallest absolute Gasteiger partial charge is 0.244 e. The summed E-state index contributed by atoms with van der Waals surface area (Å²) in [6.45, 7) is 5.06. The maximum absolute atomic E-state index is 13.8. The van der Waals surface area contributed by atoms with Crippen LogP contribution in [0.3, 0.4) is 0 Å². The van der Waals surface area contributed by atoms with E-state index in [-0.39, 0.29) is 24.2 Å². The van der Waals surface area contributed by atoms with Gasteiger partial charge < -0.3 is 10.2 Å². The quantitative estimate of drug-likeness (QED) is 0.475. The normalized spacial score (nSPS) is 13.1. The zero-order valence-electron chi connectivity index (χ0n) is 20.5. The van der Waals surface area contributed by atoms with E-state index in [0.29, 0.717) is 23.6 Å². The Morgan fingerprint density at radius 3 is 2.20 bits per heavy atom. The number of nitrogens with one attached hydrogen (secondary N) is 1. The highest BCUT2D eigenvalue weighted by Gasteiger charge is 2.32. The molecule has 0 saturated carbocycles. The number of hydrogen-bond donors (Lipinski definition) is 1. The third-order valence-corrected chi connectivity index (χ3v) is 6.88. The Hall–Kier alpha value is -3.01. The Balaban J connectivity index is 2.38. The van der Waals surface area contributed by atoms with Crippen molar-refractivity contribution in [2.75, 3.05) is 23.7 Å². The SMILES string of the molecule is CC[C@H](C(=O)N[C@@H](C)CC)N(CCc1ccccc1)C(=O)CN(c1ccc(F)c(F)c1)S(C)(=O)=O. The van der Waals surface area contributed by atoms with Gasteiger partial charge in [-0.3, -0.25) is 13.9 Å². The molecule has 0 aliphatic heterocycles. The van der Waals surface area contributed by atoms with E-state index < -0.39 is 40.2 Å². The van der Waals surface area contributed by atoms with Gasteiger partial charge in [-0.25, -0.2) is 17.2 Å². The lowest BCUT2D eigenvalue weighted by Crippen LogP contribution is -2.54. The number of halogens is 2. The zero-order valence-corrected chi connectivity index (χ0v) is 21.3. The van der Waals surface area contributed by atoms with Gasteiger partial charge in [0.05, 0.1) is 11.9 Å². The third-order valence-electron chi connectivity index (χ3n) is 5.74. The first-order chi connectivity index (χ1) is 16.5. The predicted octanol–water partition coefficient (Wildman–Crippen LogP) is 3.50. The van der Waals surface area contributed by atoms with Gasteiger partial charge in [0, 0.05) is 18.7 Å². The largest absolute Gasteiger partial charge is 0.352 e. The summed E-state index contributed by atoms with van der Waals surface area (Å²) in [6.07, 6.45) is 2.34. The molecule has 1 N–H and O–H groups in total. The average molecular weight is 510 g/mol. The minimum atomic E-state index is -4.02. The lowest BCUT2D eigenvalue weighted by Gasteiger charge is -2.33. The first kappa shape index (κ1) is 28.2. The summed E-state index contributed by atoms with van der Waals surface area (Å²) in [5.41, 5.74) is 0.767. The number of carbonyl (C=O) groups is 2. The minimum absolute atomic E-state index is 0.0997. The van der Waals surface area contributed by atoms with Crippen molar-refractivity contribution < 1.29 is 26.8 Å². The summed E-state index contributed by atoms with van der Waals surface area (Å²) in [5, 5.41) is 2.89. The van der Waals surface area contributed by atoms with Crippen molar-refractivity contribution in [1.29, 1.82) is 0 Å². The van der Waals surface area contributed by atoms with Crippen LogP contribution in [0.15, 0.2) is 48.5 Å². The number of carbonyl (C=O) groups excluding carboxylic acids is 2. The van der Waals surface area contributed by atoms with E-state index in [1.807, 2.05) is 44.2 Å². The van der Waals surface area contributed by atoms with Gasteiger partial charge in [-0.1, -0.05) is 44.2 Å². The van der Waals surface area contributed by atoms with Crippen LogP contribution in [-0.2, 0) is 26.0 Å². The molecule has 0 aliphatic carbocycles. The topological polar surface area (TPSA) is 86.8 Å². The van der Waals surface area contributed by atoms with Crippen molar-refractivity contribution in [1.82, 2.24) is 10.2 Å². The number of rotatable bonds is 12.